The highest BCUT2D eigenvalue weighted by atomic mass is 16.3. The van der Waals surface area contributed by atoms with E-state index >= 15 is 0 Å². The number of rotatable bonds is 3. The molecule has 2 heteroatoms. The second-order valence-corrected chi connectivity index (χ2v) is 3.95. The molecule has 1 N–H and O–H groups in total. The lowest BCUT2D eigenvalue weighted by atomic mass is 10.0. The van der Waals surface area contributed by atoms with Gasteiger partial charge in [-0.25, -0.2) is 0 Å². The van der Waals surface area contributed by atoms with Crippen LogP contribution < -0.4 is 4.90 Å². The average Bonchev–Trinajstić information content (AvgIpc) is 2.28. The van der Waals surface area contributed by atoms with Gasteiger partial charge in [-0.05, 0) is 18.1 Å². The Morgan fingerprint density at radius 3 is 2.87 bits per heavy atom. The Hall–Kier alpha value is -1.28. The van der Waals surface area contributed by atoms with Crippen molar-refractivity contribution in [2.45, 2.75) is 19.8 Å². The number of fused-ring (bicyclic) bond motifs is 1. The molecule has 0 atom stereocenters. The number of anilines is 1. The molecule has 0 bridgehead atoms. The van der Waals surface area contributed by atoms with Gasteiger partial charge in [0, 0.05) is 12.2 Å². The third-order valence-corrected chi connectivity index (χ3v) is 2.77. The monoisotopic (exact) mass is 203 g/mol. The first-order valence-corrected chi connectivity index (χ1v) is 5.49. The van der Waals surface area contributed by atoms with Crippen LogP contribution in [-0.2, 0) is 0 Å². The fraction of sp³-hybridized carbons (Fsp3) is 0.385. The zero-order chi connectivity index (χ0) is 10.7. The van der Waals surface area contributed by atoms with Crippen molar-refractivity contribution in [3.05, 3.63) is 35.4 Å². The minimum absolute atomic E-state index is 0.0953. The van der Waals surface area contributed by atoms with Crippen molar-refractivity contribution in [2.24, 2.45) is 0 Å². The van der Waals surface area contributed by atoms with Gasteiger partial charge in [0.15, 0.2) is 0 Å². The molecule has 2 rings (SSSR count). The van der Waals surface area contributed by atoms with Gasteiger partial charge in [-0.15, -0.1) is 0 Å². The summed E-state index contributed by atoms with van der Waals surface area (Å²) < 4.78 is 0. The molecule has 1 aromatic rings. The fourth-order valence-corrected chi connectivity index (χ4v) is 2.09. The van der Waals surface area contributed by atoms with Gasteiger partial charge in [0.05, 0.1) is 0 Å². The molecule has 1 aliphatic rings. The largest absolute Gasteiger partial charge is 0.376 e. The van der Waals surface area contributed by atoms with Gasteiger partial charge in [0.2, 0.25) is 0 Å². The van der Waals surface area contributed by atoms with Crippen LogP contribution in [-0.4, -0.2) is 18.4 Å². The van der Waals surface area contributed by atoms with Gasteiger partial charge in [-0.1, -0.05) is 43.2 Å². The van der Waals surface area contributed by atoms with E-state index < -0.39 is 0 Å². The summed E-state index contributed by atoms with van der Waals surface area (Å²) in [5, 5.41) is 9.32. The standard InChI is InChI=1S/C13H17NO/c1-2-5-11-8-12-6-3-4-7-13(12)14(9-11)10-15/h3-4,6-8,15H,2,5,9-10H2,1H3. The molecule has 0 amide bonds. The van der Waals surface area contributed by atoms with Crippen molar-refractivity contribution in [1.82, 2.24) is 0 Å². The predicted molar refractivity (Wildman–Crippen MR) is 63.8 cm³/mol. The van der Waals surface area contributed by atoms with Crippen LogP contribution in [0, 0.1) is 0 Å². The highest BCUT2D eigenvalue weighted by molar-refractivity contribution is 5.73. The Labute approximate surface area is 90.8 Å². The number of nitrogens with zero attached hydrogens (tertiary/aromatic N) is 1. The van der Waals surface area contributed by atoms with Crippen LogP contribution in [0.4, 0.5) is 5.69 Å². The summed E-state index contributed by atoms with van der Waals surface area (Å²) in [6.45, 7) is 3.14. The van der Waals surface area contributed by atoms with Crippen LogP contribution in [0.25, 0.3) is 6.08 Å². The number of aliphatic hydroxyl groups excluding tert-OH is 1. The lowest BCUT2D eigenvalue weighted by Crippen LogP contribution is -2.29. The highest BCUT2D eigenvalue weighted by Crippen LogP contribution is 2.29. The van der Waals surface area contributed by atoms with Gasteiger partial charge >= 0.3 is 0 Å². The van der Waals surface area contributed by atoms with Crippen LogP contribution in [0.5, 0.6) is 0 Å². The van der Waals surface area contributed by atoms with Crippen molar-refractivity contribution >= 4 is 11.8 Å². The van der Waals surface area contributed by atoms with E-state index in [-0.39, 0.29) is 6.73 Å². The van der Waals surface area contributed by atoms with Crippen LogP contribution in [0.2, 0.25) is 0 Å². The van der Waals surface area contributed by atoms with Crippen molar-refractivity contribution in [3.8, 4) is 0 Å². The van der Waals surface area contributed by atoms with E-state index in [1.165, 1.54) is 11.1 Å². The SMILES string of the molecule is CCCC1=Cc2ccccc2N(CO)C1. The second-order valence-electron chi connectivity index (χ2n) is 3.95. The van der Waals surface area contributed by atoms with E-state index in [2.05, 4.69) is 25.1 Å². The maximum Gasteiger partial charge on any atom is 0.116 e. The van der Waals surface area contributed by atoms with Crippen LogP contribution in [0.15, 0.2) is 29.8 Å². The van der Waals surface area contributed by atoms with E-state index in [9.17, 15) is 5.11 Å². The topological polar surface area (TPSA) is 23.5 Å². The molecule has 0 aromatic heterocycles. The van der Waals surface area contributed by atoms with Crippen molar-refractivity contribution in [1.29, 1.82) is 0 Å². The lowest BCUT2D eigenvalue weighted by molar-refractivity contribution is 0.293. The molecule has 1 heterocycles. The number of hydrogen-bond donors (Lipinski definition) is 1. The third-order valence-electron chi connectivity index (χ3n) is 2.77. The van der Waals surface area contributed by atoms with Crippen molar-refractivity contribution in [2.75, 3.05) is 18.2 Å². The van der Waals surface area contributed by atoms with Crippen LogP contribution in [0.3, 0.4) is 0 Å². The van der Waals surface area contributed by atoms with Gasteiger partial charge in [0.1, 0.15) is 6.73 Å². The zero-order valence-electron chi connectivity index (χ0n) is 9.11. The lowest BCUT2D eigenvalue weighted by Gasteiger charge is -2.29. The normalized spacial score (nSPS) is 14.8. The van der Waals surface area contributed by atoms with E-state index in [0.717, 1.165) is 25.1 Å². The molecule has 1 aromatic carbocycles. The van der Waals surface area contributed by atoms with Gasteiger partial charge in [-0.3, -0.25) is 0 Å². The third kappa shape index (κ3) is 2.05. The van der Waals surface area contributed by atoms with E-state index in [1.807, 2.05) is 17.0 Å². The average molecular weight is 203 g/mol. The van der Waals surface area contributed by atoms with E-state index in [4.69, 9.17) is 0 Å². The first-order valence-electron chi connectivity index (χ1n) is 5.49. The molecular formula is C13H17NO. The maximum absolute atomic E-state index is 9.32. The Morgan fingerprint density at radius 1 is 1.33 bits per heavy atom. The number of hydrogen-bond acceptors (Lipinski definition) is 2. The molecule has 0 spiro atoms. The Kier molecular flexibility index (Phi) is 3.07. The van der Waals surface area contributed by atoms with Crippen LogP contribution in [0.1, 0.15) is 25.3 Å². The van der Waals surface area contributed by atoms with Gasteiger partial charge in [-0.2, -0.15) is 0 Å². The molecule has 80 valence electrons. The molecule has 0 radical (unpaired) electrons. The summed E-state index contributed by atoms with van der Waals surface area (Å²) in [5.74, 6) is 0. The fourth-order valence-electron chi connectivity index (χ4n) is 2.09. The maximum atomic E-state index is 9.32. The molecule has 0 saturated heterocycles. The molecule has 2 nitrogen and oxygen atoms in total. The van der Waals surface area contributed by atoms with Crippen molar-refractivity contribution < 1.29 is 5.11 Å². The summed E-state index contributed by atoms with van der Waals surface area (Å²) in [4.78, 5) is 2.01. The second kappa shape index (κ2) is 4.49. The number of para-hydroxylation sites is 1. The van der Waals surface area contributed by atoms with E-state index in [1.54, 1.807) is 0 Å². The molecule has 0 fully saturated rings. The van der Waals surface area contributed by atoms with Gasteiger partial charge in [0.25, 0.3) is 0 Å². The molecule has 15 heavy (non-hydrogen) atoms. The number of aliphatic hydroxyl groups is 1. The Morgan fingerprint density at radius 2 is 2.13 bits per heavy atom. The quantitative estimate of drug-likeness (QED) is 0.816. The van der Waals surface area contributed by atoms with Gasteiger partial charge < -0.3 is 10.0 Å². The summed E-state index contributed by atoms with van der Waals surface area (Å²) in [6, 6.07) is 8.22. The van der Waals surface area contributed by atoms with Crippen LogP contribution >= 0.6 is 0 Å². The summed E-state index contributed by atoms with van der Waals surface area (Å²) in [7, 11) is 0. The molecular weight excluding hydrogens is 186 g/mol. The first-order chi connectivity index (χ1) is 7.35. The predicted octanol–water partition coefficient (Wildman–Crippen LogP) is 2.64. The summed E-state index contributed by atoms with van der Waals surface area (Å²) >= 11 is 0. The molecule has 0 saturated carbocycles. The van der Waals surface area contributed by atoms with Crippen molar-refractivity contribution in [3.63, 3.8) is 0 Å². The molecule has 1 aliphatic heterocycles. The molecule has 0 unspecified atom stereocenters. The minimum Gasteiger partial charge on any atom is -0.376 e. The summed E-state index contributed by atoms with van der Waals surface area (Å²) in [6.07, 6.45) is 4.53. The summed E-state index contributed by atoms with van der Waals surface area (Å²) in [5.41, 5.74) is 3.77. The number of benzene rings is 1. The zero-order valence-corrected chi connectivity index (χ0v) is 9.11. The smallest absolute Gasteiger partial charge is 0.116 e. The van der Waals surface area contributed by atoms with E-state index in [0.29, 0.717) is 0 Å². The Balaban J connectivity index is 2.34. The minimum atomic E-state index is 0.0953. The first kappa shape index (κ1) is 10.2. The highest BCUT2D eigenvalue weighted by Gasteiger charge is 2.15. The Bertz CT molecular complexity index is 371. The molecule has 0 aliphatic carbocycles.